The van der Waals surface area contributed by atoms with Gasteiger partial charge >= 0.3 is 11.8 Å². The van der Waals surface area contributed by atoms with Crippen molar-refractivity contribution in [1.29, 1.82) is 0 Å². The lowest BCUT2D eigenvalue weighted by Gasteiger charge is -2.48. The summed E-state index contributed by atoms with van der Waals surface area (Å²) in [7, 11) is 0. The first-order chi connectivity index (χ1) is 26.2. The van der Waals surface area contributed by atoms with E-state index in [0.717, 1.165) is 45.1 Å². The lowest BCUT2D eigenvalue weighted by molar-refractivity contribution is 0.106. The maximum atomic E-state index is 17.4. The van der Waals surface area contributed by atoms with E-state index < -0.39 is 29.2 Å². The number of halogens is 3. The zero-order valence-electron chi connectivity index (χ0n) is 29.9. The van der Waals surface area contributed by atoms with Gasteiger partial charge in [0.05, 0.1) is 28.7 Å². The zero-order chi connectivity index (χ0) is 36.9. The number of rotatable bonds is 6. The summed E-state index contributed by atoms with van der Waals surface area (Å²) < 4.78 is 64.3. The van der Waals surface area contributed by atoms with Gasteiger partial charge in [0, 0.05) is 48.6 Å². The molecular weight excluding hydrogens is 697 g/mol. The molecule has 10 rings (SSSR count). The quantitative estimate of drug-likeness (QED) is 0.180. The van der Waals surface area contributed by atoms with Crippen LogP contribution < -0.4 is 15.5 Å². The molecule has 278 valence electrons. The summed E-state index contributed by atoms with van der Waals surface area (Å²) in [6.07, 6.45) is 11.0. The molecule has 0 aliphatic carbocycles. The Hall–Kier alpha value is -4.93. The molecule has 0 N–H and O–H groups in total. The molecule has 54 heavy (non-hydrogen) atoms. The molecule has 2 aromatic carbocycles. The van der Waals surface area contributed by atoms with Gasteiger partial charge in [-0.15, -0.1) is 6.42 Å². The van der Waals surface area contributed by atoms with Crippen LogP contribution in [0.25, 0.3) is 32.9 Å². The van der Waals surface area contributed by atoms with Crippen molar-refractivity contribution >= 4 is 27.5 Å². The molecule has 3 aromatic heterocycles. The average Bonchev–Trinajstić information content (AvgIpc) is 3.87. The molecule has 0 unspecified atom stereocenters. The minimum absolute atomic E-state index is 0.0230. The van der Waals surface area contributed by atoms with Crippen molar-refractivity contribution in [2.24, 2.45) is 0 Å². The number of alkyl halides is 1. The molecule has 0 radical (unpaired) electrons. The van der Waals surface area contributed by atoms with Gasteiger partial charge < -0.3 is 18.5 Å². The highest BCUT2D eigenvalue weighted by Crippen LogP contribution is 2.46. The number of piperazine rings is 1. The maximum Gasteiger partial charge on any atom is 0.519 e. The van der Waals surface area contributed by atoms with Gasteiger partial charge in [0.1, 0.15) is 41.4 Å². The van der Waals surface area contributed by atoms with Crippen molar-refractivity contribution in [3.8, 4) is 29.6 Å². The third-order valence-corrected chi connectivity index (χ3v) is 12.7. The number of benzene rings is 2. The summed E-state index contributed by atoms with van der Waals surface area (Å²) in [6.45, 7) is 4.18. The van der Waals surface area contributed by atoms with Crippen LogP contribution >= 0.6 is 0 Å². The number of fused-ring (bicyclic) bond motifs is 7. The van der Waals surface area contributed by atoms with E-state index in [4.69, 9.17) is 34.9 Å². The Kier molecular flexibility index (Phi) is 7.82. The van der Waals surface area contributed by atoms with Crippen molar-refractivity contribution in [2.75, 3.05) is 31.1 Å². The van der Waals surface area contributed by atoms with E-state index in [1.165, 1.54) is 6.07 Å². The third kappa shape index (κ3) is 5.17. The first-order valence-electron chi connectivity index (χ1n) is 18.9. The minimum atomic E-state index is -0.932. The third-order valence-electron chi connectivity index (χ3n) is 12.7. The van der Waals surface area contributed by atoms with Crippen molar-refractivity contribution in [3.63, 3.8) is 0 Å². The second-order valence-corrected chi connectivity index (χ2v) is 15.6. The lowest BCUT2D eigenvalue weighted by Crippen LogP contribution is -2.60. The van der Waals surface area contributed by atoms with Crippen LogP contribution in [0.4, 0.5) is 19.0 Å². The van der Waals surface area contributed by atoms with Crippen LogP contribution in [-0.4, -0.2) is 80.8 Å². The van der Waals surface area contributed by atoms with E-state index in [2.05, 4.69) is 20.6 Å². The number of nitrogens with zero attached hydrogens (tertiary/aromatic N) is 6. The summed E-state index contributed by atoms with van der Waals surface area (Å²) in [4.78, 5) is 33.6. The molecule has 13 heteroatoms. The number of terminal acetylenes is 1. The molecule has 4 fully saturated rings. The molecule has 8 heterocycles. The monoisotopic (exact) mass is 736 g/mol. The summed E-state index contributed by atoms with van der Waals surface area (Å²) >= 11 is 0. The van der Waals surface area contributed by atoms with Crippen LogP contribution in [0.1, 0.15) is 67.7 Å². The van der Waals surface area contributed by atoms with E-state index in [1.54, 1.807) is 25.1 Å². The smallest absolute Gasteiger partial charge is 0.461 e. The van der Waals surface area contributed by atoms with Crippen LogP contribution in [0.2, 0.25) is 0 Å². The van der Waals surface area contributed by atoms with Gasteiger partial charge in [0.15, 0.2) is 11.6 Å². The molecule has 5 atom stereocenters. The van der Waals surface area contributed by atoms with E-state index in [0.29, 0.717) is 77.2 Å². The number of aromatic nitrogens is 3. The van der Waals surface area contributed by atoms with E-state index >= 15 is 8.78 Å². The second-order valence-electron chi connectivity index (χ2n) is 15.6. The van der Waals surface area contributed by atoms with E-state index in [-0.39, 0.29) is 47.5 Å². The molecule has 0 saturated carbocycles. The van der Waals surface area contributed by atoms with Crippen molar-refractivity contribution in [1.82, 2.24) is 24.8 Å². The largest absolute Gasteiger partial charge is 0.519 e. The van der Waals surface area contributed by atoms with E-state index in [1.807, 2.05) is 6.07 Å². The van der Waals surface area contributed by atoms with Gasteiger partial charge in [-0.2, -0.15) is 9.97 Å². The number of aryl methyl sites for hydroxylation is 2. The fraction of sp³-hybridized carbons (Fsp3) is 0.463. The normalized spacial score (nSPS) is 26.5. The first kappa shape index (κ1) is 33.6. The van der Waals surface area contributed by atoms with Crippen molar-refractivity contribution < 1.29 is 26.7 Å². The molecule has 0 amide bonds. The zero-order valence-corrected chi connectivity index (χ0v) is 29.9. The molecule has 2 bridgehead atoms. The van der Waals surface area contributed by atoms with Crippen molar-refractivity contribution in [3.05, 3.63) is 75.4 Å². The molecule has 4 saturated heterocycles. The predicted molar refractivity (Wildman–Crippen MR) is 195 cm³/mol. The van der Waals surface area contributed by atoms with Crippen LogP contribution in [0.3, 0.4) is 0 Å². The lowest BCUT2D eigenvalue weighted by atomic mass is 9.92. The molecule has 10 nitrogen and oxygen atoms in total. The Labute approximate surface area is 309 Å². The standard InChI is InChI=1S/C41H39F3N6O4/c1-3-26-28(43)13-11-23-7-4-8-27(33(23)26)36-35(44)37-34-29(45-36)9-5-10-30-31-14-12-25(49(31)20-32-22(2)53-40(51)54-32)19-50(30)38(34)47-39(46-37)52-21-41-15-6-16-48(41)18-24(42)17-41/h1,4,7-8,11,13,24-25,30-31H,5-6,9-10,12,14-21H2,2H3/t24-,25-,30-,31+,41+/m1/s1. The number of hydrogen-bond donors (Lipinski definition) is 0. The van der Waals surface area contributed by atoms with Crippen LogP contribution in [0.5, 0.6) is 6.01 Å². The first-order valence-corrected chi connectivity index (χ1v) is 18.9. The van der Waals surface area contributed by atoms with Crippen LogP contribution in [-0.2, 0) is 13.0 Å². The van der Waals surface area contributed by atoms with Gasteiger partial charge in [-0.1, -0.05) is 30.2 Å². The Morgan fingerprint density at radius 1 is 1.04 bits per heavy atom. The number of anilines is 1. The SMILES string of the molecule is C#Cc1c(F)ccc2cccc(-c3nc4c5c(nc(OC[C@@]67CCCN6C[C@H](F)C7)nc5c3F)N3C[C@H]5CC[C@@H]([C@H]3CCC4)N5Cc3oc(=O)oc3C)c12. The van der Waals surface area contributed by atoms with Crippen molar-refractivity contribution in [2.45, 2.75) is 94.7 Å². The molecular formula is C41H39F3N6O4. The Morgan fingerprint density at radius 2 is 1.93 bits per heavy atom. The fourth-order valence-corrected chi connectivity index (χ4v) is 10.3. The topological polar surface area (TPSA) is 101 Å². The maximum absolute atomic E-state index is 17.4. The Morgan fingerprint density at radius 3 is 2.76 bits per heavy atom. The Bertz CT molecular complexity index is 2440. The van der Waals surface area contributed by atoms with Crippen LogP contribution in [0.15, 0.2) is 44.0 Å². The number of hydrogen-bond acceptors (Lipinski definition) is 10. The molecule has 5 aromatic rings. The van der Waals surface area contributed by atoms with Gasteiger partial charge in [0.2, 0.25) is 0 Å². The van der Waals surface area contributed by atoms with E-state index in [9.17, 15) is 9.18 Å². The summed E-state index contributed by atoms with van der Waals surface area (Å²) in [5.41, 5.74) is 0.737. The number of ether oxygens (including phenoxy) is 1. The van der Waals surface area contributed by atoms with Gasteiger partial charge in [0.25, 0.3) is 0 Å². The predicted octanol–water partition coefficient (Wildman–Crippen LogP) is 6.47. The summed E-state index contributed by atoms with van der Waals surface area (Å²) in [5.74, 6) is 2.12. The van der Waals surface area contributed by atoms with Crippen LogP contribution in [0, 0.1) is 30.9 Å². The van der Waals surface area contributed by atoms with Gasteiger partial charge in [-0.25, -0.2) is 22.9 Å². The average molecular weight is 737 g/mol. The molecule has 0 spiro atoms. The highest BCUT2D eigenvalue weighted by atomic mass is 19.1. The number of pyridine rings is 1. The molecule has 5 aliphatic heterocycles. The van der Waals surface area contributed by atoms with Gasteiger partial charge in [-0.05, 0) is 69.9 Å². The highest BCUT2D eigenvalue weighted by Gasteiger charge is 2.50. The summed E-state index contributed by atoms with van der Waals surface area (Å²) in [6, 6.07) is 8.55. The van der Waals surface area contributed by atoms with Gasteiger partial charge in [-0.3, -0.25) is 9.80 Å². The molecule has 5 aliphatic rings. The fourth-order valence-electron chi connectivity index (χ4n) is 10.3. The minimum Gasteiger partial charge on any atom is -0.461 e. The second kappa shape index (κ2) is 12.6. The summed E-state index contributed by atoms with van der Waals surface area (Å²) in [5, 5.41) is 1.61. The Balaban J connectivity index is 1.12. The highest BCUT2D eigenvalue weighted by molar-refractivity contribution is 6.02.